The van der Waals surface area contributed by atoms with Crippen LogP contribution in [0.1, 0.15) is 39.5 Å². The number of nitroso groups, excluding NO2 is 1. The van der Waals surface area contributed by atoms with E-state index >= 15 is 0 Å². The first-order valence-corrected chi connectivity index (χ1v) is 9.72. The smallest absolute Gasteiger partial charge is 0.419 e. The predicted molar refractivity (Wildman–Crippen MR) is 105 cm³/mol. The van der Waals surface area contributed by atoms with Crippen molar-refractivity contribution >= 4 is 0 Å². The van der Waals surface area contributed by atoms with E-state index in [1.807, 2.05) is 12.2 Å². The monoisotopic (exact) mass is 366 g/mol. The van der Waals surface area contributed by atoms with E-state index in [0.29, 0.717) is 17.7 Å². The molecule has 0 spiro atoms. The van der Waals surface area contributed by atoms with E-state index in [9.17, 15) is 4.91 Å². The fraction of sp³-hybridized carbons (Fsp3) is 0.478. The summed E-state index contributed by atoms with van der Waals surface area (Å²) in [7, 11) is 3.27. The SMILES string of the molecule is COC1=CC2=C3CC4CC2(C=C1)C=C(OC)[N+](=O)C=C3CC4CC=C(C)C. The molecule has 0 aromatic rings. The summed E-state index contributed by atoms with van der Waals surface area (Å²) >= 11 is 0. The van der Waals surface area contributed by atoms with E-state index in [1.54, 1.807) is 20.4 Å². The Bertz CT molecular complexity index is 864. The molecule has 0 N–H and O–H groups in total. The molecule has 4 heteroatoms. The molecule has 4 aliphatic rings. The van der Waals surface area contributed by atoms with Gasteiger partial charge in [-0.3, -0.25) is 0 Å². The first kappa shape index (κ1) is 18.0. The molecular formula is C23H28NO3+. The van der Waals surface area contributed by atoms with Crippen molar-refractivity contribution in [3.05, 3.63) is 75.4 Å². The lowest BCUT2D eigenvalue weighted by Crippen LogP contribution is -2.38. The van der Waals surface area contributed by atoms with Crippen LogP contribution >= 0.6 is 0 Å². The molecule has 1 aliphatic heterocycles. The summed E-state index contributed by atoms with van der Waals surface area (Å²) in [6.07, 6.45) is 16.5. The Hall–Kier alpha value is -2.36. The number of ether oxygens (including phenoxy) is 2. The van der Waals surface area contributed by atoms with Gasteiger partial charge in [-0.15, -0.1) is 0 Å². The molecule has 142 valence electrons. The number of allylic oxidation sites excluding steroid dienone is 9. The van der Waals surface area contributed by atoms with Crippen LogP contribution < -0.4 is 0 Å². The maximum atomic E-state index is 12.7. The van der Waals surface area contributed by atoms with Gasteiger partial charge in [-0.2, -0.15) is 0 Å². The third-order valence-electron chi connectivity index (χ3n) is 6.41. The second-order valence-corrected chi connectivity index (χ2v) is 8.33. The van der Waals surface area contributed by atoms with Crippen LogP contribution in [-0.2, 0) is 9.47 Å². The lowest BCUT2D eigenvalue weighted by molar-refractivity contribution is -0.462. The number of nitrogens with zero attached hydrogens (tertiary/aromatic N) is 1. The maximum Gasteiger partial charge on any atom is 0.419 e. The summed E-state index contributed by atoms with van der Waals surface area (Å²) in [4.78, 5) is 12.7. The third-order valence-corrected chi connectivity index (χ3v) is 6.41. The Morgan fingerprint density at radius 2 is 2.11 bits per heavy atom. The molecule has 0 amide bonds. The summed E-state index contributed by atoms with van der Waals surface area (Å²) in [5.41, 5.74) is 4.81. The van der Waals surface area contributed by atoms with Gasteiger partial charge in [-0.25, -0.2) is 0 Å². The minimum Gasteiger partial charge on any atom is -0.497 e. The van der Waals surface area contributed by atoms with Crippen LogP contribution in [0.3, 0.4) is 0 Å². The van der Waals surface area contributed by atoms with Crippen molar-refractivity contribution in [3.8, 4) is 0 Å². The molecule has 3 unspecified atom stereocenters. The molecule has 27 heavy (non-hydrogen) atoms. The lowest BCUT2D eigenvalue weighted by Gasteiger charge is -2.47. The molecule has 1 fully saturated rings. The molecule has 4 nitrogen and oxygen atoms in total. The summed E-state index contributed by atoms with van der Waals surface area (Å²) in [5, 5.41) is 0. The second kappa shape index (κ2) is 6.66. The predicted octanol–water partition coefficient (Wildman–Crippen LogP) is 5.32. The summed E-state index contributed by atoms with van der Waals surface area (Å²) in [6.45, 7) is 4.31. The Morgan fingerprint density at radius 3 is 2.81 bits per heavy atom. The highest BCUT2D eigenvalue weighted by atomic mass is 16.5. The number of fused-ring (bicyclic) bond motifs is 1. The van der Waals surface area contributed by atoms with Gasteiger partial charge in [-0.05, 0) is 74.7 Å². The highest BCUT2D eigenvalue weighted by molar-refractivity contribution is 5.55. The molecule has 0 aromatic heterocycles. The van der Waals surface area contributed by atoms with Crippen molar-refractivity contribution in [2.24, 2.45) is 17.3 Å². The van der Waals surface area contributed by atoms with Gasteiger partial charge in [0.15, 0.2) is 0 Å². The van der Waals surface area contributed by atoms with E-state index in [1.165, 1.54) is 16.7 Å². The molecule has 0 saturated heterocycles. The average Bonchev–Trinajstić information content (AvgIpc) is 2.66. The third kappa shape index (κ3) is 3.01. The number of methoxy groups -OCH3 is 2. The average molecular weight is 366 g/mol. The van der Waals surface area contributed by atoms with Crippen molar-refractivity contribution in [1.29, 1.82) is 0 Å². The minimum absolute atomic E-state index is 0.294. The maximum absolute atomic E-state index is 12.7. The number of rotatable bonds is 4. The van der Waals surface area contributed by atoms with Crippen LogP contribution in [0.25, 0.3) is 0 Å². The largest absolute Gasteiger partial charge is 0.497 e. The van der Waals surface area contributed by atoms with Crippen molar-refractivity contribution in [3.63, 3.8) is 0 Å². The topological polar surface area (TPSA) is 38.5 Å². The van der Waals surface area contributed by atoms with Crippen molar-refractivity contribution < 1.29 is 14.2 Å². The zero-order valence-corrected chi connectivity index (χ0v) is 16.6. The van der Waals surface area contributed by atoms with Gasteiger partial charge in [0.25, 0.3) is 0 Å². The zero-order chi connectivity index (χ0) is 19.2. The Labute approximate surface area is 161 Å². The molecule has 3 bridgehead atoms. The highest BCUT2D eigenvalue weighted by Crippen LogP contribution is 2.57. The highest BCUT2D eigenvalue weighted by Gasteiger charge is 2.48. The number of hydrogen-bond donors (Lipinski definition) is 0. The first-order chi connectivity index (χ1) is 13.0. The summed E-state index contributed by atoms with van der Waals surface area (Å²) in [5.74, 6) is 2.41. The molecule has 0 radical (unpaired) electrons. The van der Waals surface area contributed by atoms with Crippen LogP contribution in [-0.4, -0.2) is 19.0 Å². The van der Waals surface area contributed by atoms with E-state index < -0.39 is 0 Å². The second-order valence-electron chi connectivity index (χ2n) is 8.33. The van der Waals surface area contributed by atoms with Crippen LogP contribution in [0.2, 0.25) is 0 Å². The molecular weight excluding hydrogens is 338 g/mol. The van der Waals surface area contributed by atoms with Crippen LogP contribution in [0.15, 0.2) is 70.5 Å². The van der Waals surface area contributed by atoms with E-state index in [4.69, 9.17) is 9.47 Å². The lowest BCUT2D eigenvalue weighted by atomic mass is 9.56. The first-order valence-electron chi connectivity index (χ1n) is 9.72. The minimum atomic E-state index is -0.294. The summed E-state index contributed by atoms with van der Waals surface area (Å²) in [6, 6.07) is 0. The van der Waals surface area contributed by atoms with Gasteiger partial charge in [0.1, 0.15) is 10.5 Å². The van der Waals surface area contributed by atoms with Gasteiger partial charge >= 0.3 is 5.88 Å². The fourth-order valence-corrected chi connectivity index (χ4v) is 5.02. The van der Waals surface area contributed by atoms with Gasteiger partial charge in [0, 0.05) is 22.0 Å². The molecule has 1 heterocycles. The van der Waals surface area contributed by atoms with Gasteiger partial charge in [0.2, 0.25) is 6.20 Å². The van der Waals surface area contributed by atoms with Crippen molar-refractivity contribution in [2.75, 3.05) is 14.2 Å². The number of hydrogen-bond acceptors (Lipinski definition) is 3. The van der Waals surface area contributed by atoms with E-state index in [2.05, 4.69) is 32.1 Å². The van der Waals surface area contributed by atoms with Crippen molar-refractivity contribution in [1.82, 2.24) is 0 Å². The van der Waals surface area contributed by atoms with Crippen molar-refractivity contribution in [2.45, 2.75) is 39.5 Å². The Morgan fingerprint density at radius 1 is 1.30 bits per heavy atom. The van der Waals surface area contributed by atoms with Gasteiger partial charge < -0.3 is 9.47 Å². The van der Waals surface area contributed by atoms with E-state index in [0.717, 1.165) is 41.8 Å². The van der Waals surface area contributed by atoms with Crippen LogP contribution in [0.5, 0.6) is 0 Å². The normalized spacial score (nSPS) is 31.3. The molecule has 4 rings (SSSR count). The molecule has 1 saturated carbocycles. The van der Waals surface area contributed by atoms with Crippen LogP contribution in [0, 0.1) is 22.2 Å². The van der Waals surface area contributed by atoms with Gasteiger partial charge in [-0.1, -0.05) is 17.7 Å². The van der Waals surface area contributed by atoms with E-state index in [-0.39, 0.29) is 5.41 Å². The summed E-state index contributed by atoms with van der Waals surface area (Å²) < 4.78 is 11.9. The quantitative estimate of drug-likeness (QED) is 0.499. The Kier molecular flexibility index (Phi) is 4.45. The van der Waals surface area contributed by atoms with Crippen LogP contribution in [0.4, 0.5) is 0 Å². The molecule has 3 aliphatic carbocycles. The zero-order valence-electron chi connectivity index (χ0n) is 16.6. The molecule has 0 aromatic carbocycles. The fourth-order valence-electron chi connectivity index (χ4n) is 5.02. The Balaban J connectivity index is 1.88. The standard InChI is InChI=1S/C23H28NO3/c1-15(2)5-6-16-9-18-14-24(25)22(27-4)13-23-8-7-19(26-3)11-21(23)20(18)10-17(16)12-23/h5,7-8,11,13-14,16-17H,6,9-10,12H2,1-4H3/q+1. The van der Waals surface area contributed by atoms with Gasteiger partial charge in [0.05, 0.1) is 14.2 Å². The molecule has 3 atom stereocenters.